The maximum absolute atomic E-state index is 13.0. The molecule has 150 valence electrons. The van der Waals surface area contributed by atoms with Crippen molar-refractivity contribution in [1.29, 1.82) is 0 Å². The quantitative estimate of drug-likeness (QED) is 0.463. The summed E-state index contributed by atoms with van der Waals surface area (Å²) in [7, 11) is 0. The highest BCUT2D eigenvalue weighted by Crippen LogP contribution is 2.37. The van der Waals surface area contributed by atoms with E-state index in [-0.39, 0.29) is 22.8 Å². The first-order valence-electron chi connectivity index (χ1n) is 10.0. The summed E-state index contributed by atoms with van der Waals surface area (Å²) in [5.41, 5.74) is 2.61. The van der Waals surface area contributed by atoms with Gasteiger partial charge in [-0.05, 0) is 49.4 Å². The van der Waals surface area contributed by atoms with Crippen LogP contribution in [0.4, 0.5) is 5.69 Å². The molecule has 6 heteroatoms. The Morgan fingerprint density at radius 2 is 1.79 bits per heavy atom. The number of carbonyl (C=O) groups is 1. The molecular formula is C23H25N3O2S. The van der Waals surface area contributed by atoms with Crippen LogP contribution in [-0.2, 0) is 4.79 Å². The van der Waals surface area contributed by atoms with Crippen LogP contribution in [0.2, 0.25) is 0 Å². The molecule has 4 rings (SSSR count). The summed E-state index contributed by atoms with van der Waals surface area (Å²) in [5.74, 6) is 0.226. The Morgan fingerprint density at radius 3 is 2.52 bits per heavy atom. The van der Waals surface area contributed by atoms with Crippen LogP contribution in [-0.4, -0.2) is 20.7 Å². The Balaban J connectivity index is 1.61. The van der Waals surface area contributed by atoms with Gasteiger partial charge >= 0.3 is 0 Å². The number of anilines is 1. The number of carbonyl (C=O) groups excluding carboxylic acids is 1. The lowest BCUT2D eigenvalue weighted by Gasteiger charge is -2.18. The summed E-state index contributed by atoms with van der Waals surface area (Å²) in [4.78, 5) is 30.6. The van der Waals surface area contributed by atoms with Gasteiger partial charge in [0.25, 0.3) is 5.56 Å². The van der Waals surface area contributed by atoms with Crippen LogP contribution in [0, 0.1) is 0 Å². The summed E-state index contributed by atoms with van der Waals surface area (Å²) in [6.07, 6.45) is 1.96. The minimum absolute atomic E-state index is 0.0154. The summed E-state index contributed by atoms with van der Waals surface area (Å²) >= 11 is 1.35. The van der Waals surface area contributed by atoms with E-state index in [2.05, 4.69) is 19.2 Å². The fraction of sp³-hybridized carbons (Fsp3) is 0.348. The number of amides is 1. The third-order valence-electron chi connectivity index (χ3n) is 5.18. The van der Waals surface area contributed by atoms with Crippen LogP contribution in [0.3, 0.4) is 0 Å². The number of aromatic nitrogens is 2. The molecule has 1 aliphatic carbocycles. The van der Waals surface area contributed by atoms with E-state index in [0.717, 1.165) is 24.1 Å². The van der Waals surface area contributed by atoms with Crippen molar-refractivity contribution in [2.75, 3.05) is 5.32 Å². The summed E-state index contributed by atoms with van der Waals surface area (Å²) in [6, 6.07) is 15.5. The van der Waals surface area contributed by atoms with Gasteiger partial charge in [0.05, 0.1) is 16.2 Å². The molecule has 5 nitrogen and oxygen atoms in total. The molecule has 2 aromatic carbocycles. The molecule has 1 aliphatic rings. The van der Waals surface area contributed by atoms with Gasteiger partial charge in [0, 0.05) is 11.7 Å². The van der Waals surface area contributed by atoms with E-state index in [1.54, 1.807) is 4.57 Å². The normalized spacial score (nSPS) is 14.9. The molecule has 1 saturated carbocycles. The molecule has 1 N–H and O–H groups in total. The third-order valence-corrected chi connectivity index (χ3v) is 6.25. The maximum Gasteiger partial charge on any atom is 0.262 e. The fourth-order valence-electron chi connectivity index (χ4n) is 3.42. The van der Waals surface area contributed by atoms with Gasteiger partial charge in [-0.25, -0.2) is 4.98 Å². The van der Waals surface area contributed by atoms with E-state index in [1.165, 1.54) is 11.8 Å². The van der Waals surface area contributed by atoms with Gasteiger partial charge in [0.15, 0.2) is 5.16 Å². The molecule has 0 saturated heterocycles. The number of hydrogen-bond acceptors (Lipinski definition) is 4. The Kier molecular flexibility index (Phi) is 5.46. The Hall–Kier alpha value is -2.60. The van der Waals surface area contributed by atoms with Crippen molar-refractivity contribution in [2.24, 2.45) is 0 Å². The molecule has 1 heterocycles. The van der Waals surface area contributed by atoms with Crippen LogP contribution in [0.5, 0.6) is 0 Å². The lowest BCUT2D eigenvalue weighted by Crippen LogP contribution is -2.27. The minimum Gasteiger partial charge on any atom is -0.325 e. The lowest BCUT2D eigenvalue weighted by molar-refractivity contribution is -0.115. The van der Waals surface area contributed by atoms with Crippen LogP contribution in [0.25, 0.3) is 10.9 Å². The first kappa shape index (κ1) is 19.7. The van der Waals surface area contributed by atoms with Crippen molar-refractivity contribution in [3.63, 3.8) is 0 Å². The summed E-state index contributed by atoms with van der Waals surface area (Å²) in [6.45, 7) is 6.07. The van der Waals surface area contributed by atoms with E-state index >= 15 is 0 Å². The molecule has 1 unspecified atom stereocenters. The molecule has 1 atom stereocenters. The van der Waals surface area contributed by atoms with Crippen molar-refractivity contribution in [1.82, 2.24) is 9.55 Å². The minimum atomic E-state index is -0.381. The van der Waals surface area contributed by atoms with Gasteiger partial charge in [0.1, 0.15) is 0 Å². The van der Waals surface area contributed by atoms with Crippen molar-refractivity contribution in [3.8, 4) is 0 Å². The van der Waals surface area contributed by atoms with Gasteiger partial charge < -0.3 is 5.32 Å². The monoisotopic (exact) mass is 407 g/mol. The Morgan fingerprint density at radius 1 is 1.10 bits per heavy atom. The lowest BCUT2D eigenvalue weighted by atomic mass is 10.0. The van der Waals surface area contributed by atoms with Crippen molar-refractivity contribution < 1.29 is 4.79 Å². The van der Waals surface area contributed by atoms with Crippen molar-refractivity contribution in [3.05, 3.63) is 64.4 Å². The van der Waals surface area contributed by atoms with Gasteiger partial charge in [-0.1, -0.05) is 55.9 Å². The second kappa shape index (κ2) is 8.03. The van der Waals surface area contributed by atoms with E-state index in [9.17, 15) is 9.59 Å². The first-order chi connectivity index (χ1) is 14.0. The van der Waals surface area contributed by atoms with Gasteiger partial charge in [-0.15, -0.1) is 0 Å². The van der Waals surface area contributed by atoms with Crippen LogP contribution in [0.15, 0.2) is 58.5 Å². The Labute approximate surface area is 174 Å². The molecule has 1 amide bonds. The average Bonchev–Trinajstić information content (AvgIpc) is 3.53. The standard InChI is InChI=1S/C23H25N3O2S/c1-14(2)17-8-4-6-10-19(17)24-21(27)15(3)29-23-25-20-11-7-5-9-18(20)22(28)26(23)16-12-13-16/h4-11,14-16H,12-13H2,1-3H3,(H,24,27). The Bertz CT molecular complexity index is 1120. The highest BCUT2D eigenvalue weighted by Gasteiger charge is 2.30. The summed E-state index contributed by atoms with van der Waals surface area (Å²) in [5, 5.41) is 3.92. The molecule has 0 radical (unpaired) electrons. The van der Waals surface area contributed by atoms with E-state index in [0.29, 0.717) is 22.0 Å². The molecule has 1 aromatic heterocycles. The van der Waals surface area contributed by atoms with Gasteiger partial charge in [-0.3, -0.25) is 14.2 Å². The molecule has 3 aromatic rings. The topological polar surface area (TPSA) is 64.0 Å². The third kappa shape index (κ3) is 4.08. The fourth-order valence-corrected chi connectivity index (χ4v) is 4.40. The number of fused-ring (bicyclic) bond motifs is 1. The van der Waals surface area contributed by atoms with Gasteiger partial charge in [-0.2, -0.15) is 0 Å². The van der Waals surface area contributed by atoms with Crippen LogP contribution < -0.4 is 10.9 Å². The predicted octanol–water partition coefficient (Wildman–Crippen LogP) is 4.97. The highest BCUT2D eigenvalue weighted by molar-refractivity contribution is 8.00. The zero-order chi connectivity index (χ0) is 20.5. The molecular weight excluding hydrogens is 382 g/mol. The second-order valence-electron chi connectivity index (χ2n) is 7.81. The molecule has 29 heavy (non-hydrogen) atoms. The molecule has 0 spiro atoms. The average molecular weight is 408 g/mol. The zero-order valence-electron chi connectivity index (χ0n) is 16.9. The first-order valence-corrected chi connectivity index (χ1v) is 10.9. The number of benzene rings is 2. The largest absolute Gasteiger partial charge is 0.325 e. The number of rotatable bonds is 6. The van der Waals surface area contributed by atoms with Crippen LogP contribution >= 0.6 is 11.8 Å². The van der Waals surface area contributed by atoms with E-state index in [1.807, 2.05) is 55.5 Å². The molecule has 1 fully saturated rings. The number of thioether (sulfide) groups is 1. The second-order valence-corrected chi connectivity index (χ2v) is 9.12. The smallest absolute Gasteiger partial charge is 0.262 e. The summed E-state index contributed by atoms with van der Waals surface area (Å²) < 4.78 is 1.78. The van der Waals surface area contributed by atoms with Gasteiger partial charge in [0.2, 0.25) is 5.91 Å². The highest BCUT2D eigenvalue weighted by atomic mass is 32.2. The van der Waals surface area contributed by atoms with E-state index in [4.69, 9.17) is 4.98 Å². The number of nitrogens with one attached hydrogen (secondary N) is 1. The zero-order valence-corrected chi connectivity index (χ0v) is 17.7. The maximum atomic E-state index is 13.0. The molecule has 0 aliphatic heterocycles. The number of para-hydroxylation sites is 2. The predicted molar refractivity (Wildman–Crippen MR) is 119 cm³/mol. The SMILES string of the molecule is CC(Sc1nc2ccccc2c(=O)n1C1CC1)C(=O)Nc1ccccc1C(C)C. The van der Waals surface area contributed by atoms with Crippen molar-refractivity contribution in [2.45, 2.75) is 56.0 Å². The molecule has 0 bridgehead atoms. The van der Waals surface area contributed by atoms with Crippen molar-refractivity contribution >= 4 is 34.3 Å². The van der Waals surface area contributed by atoms with E-state index < -0.39 is 0 Å². The van der Waals surface area contributed by atoms with Crippen LogP contribution in [0.1, 0.15) is 51.1 Å². The number of hydrogen-bond donors (Lipinski definition) is 1. The number of nitrogens with zero attached hydrogens (tertiary/aromatic N) is 2.